The topological polar surface area (TPSA) is 105 Å². The van der Waals surface area contributed by atoms with Crippen LogP contribution in [0.2, 0.25) is 5.02 Å². The minimum atomic E-state index is -3.90. The van der Waals surface area contributed by atoms with Crippen molar-refractivity contribution in [2.75, 3.05) is 23.4 Å². The van der Waals surface area contributed by atoms with E-state index in [1.165, 1.54) is 11.8 Å². The fourth-order valence-corrected chi connectivity index (χ4v) is 6.96. The van der Waals surface area contributed by atoms with Crippen LogP contribution < -0.4 is 19.1 Å². The van der Waals surface area contributed by atoms with Gasteiger partial charge in [-0.15, -0.1) is 0 Å². The normalized spacial score (nSPS) is 15.4. The molecule has 9 nitrogen and oxygen atoms in total. The summed E-state index contributed by atoms with van der Waals surface area (Å²) < 4.78 is 38.8. The molecular weight excluding hydrogens is 602 g/mol. The smallest absolute Gasteiger partial charge is 0.244 e. The van der Waals surface area contributed by atoms with E-state index >= 15 is 0 Å². The highest BCUT2D eigenvalue weighted by Gasteiger charge is 2.35. The Balaban J connectivity index is 1.51. The quantitative estimate of drug-likeness (QED) is 0.288. The number of nitrogens with zero attached hydrogens (tertiary/aromatic N) is 2. The second-order valence-electron chi connectivity index (χ2n) is 11.1. The Kier molecular flexibility index (Phi) is 10.3. The van der Waals surface area contributed by atoms with Gasteiger partial charge in [0.05, 0.1) is 11.4 Å². The molecule has 0 bridgehead atoms. The summed E-state index contributed by atoms with van der Waals surface area (Å²) in [4.78, 5) is 29.9. The van der Waals surface area contributed by atoms with Crippen molar-refractivity contribution >= 4 is 39.1 Å². The predicted molar refractivity (Wildman–Crippen MR) is 170 cm³/mol. The summed E-state index contributed by atoms with van der Waals surface area (Å²) in [6.07, 6.45) is 5.26. The Labute approximate surface area is 264 Å². The van der Waals surface area contributed by atoms with Crippen LogP contribution in [0, 0.1) is 0 Å². The van der Waals surface area contributed by atoms with Crippen LogP contribution in [0.4, 0.5) is 5.69 Å². The number of hydrogen-bond acceptors (Lipinski definition) is 6. The van der Waals surface area contributed by atoms with Crippen LogP contribution in [0.3, 0.4) is 0 Å². The minimum absolute atomic E-state index is 0.0307. The summed E-state index contributed by atoms with van der Waals surface area (Å²) in [6.45, 7) is 1.12. The zero-order valence-electron chi connectivity index (χ0n) is 24.8. The number of rotatable bonds is 12. The Morgan fingerprint density at radius 3 is 2.39 bits per heavy atom. The van der Waals surface area contributed by atoms with Crippen molar-refractivity contribution in [2.24, 2.45) is 0 Å². The number of amides is 2. The number of carbonyl (C=O) groups excluding carboxylic acids is 2. The number of carbonyl (C=O) groups is 2. The van der Waals surface area contributed by atoms with Gasteiger partial charge in [-0.1, -0.05) is 73.3 Å². The molecular formula is C33H38ClN3O6S. The summed E-state index contributed by atoms with van der Waals surface area (Å²) in [5.74, 6) is -0.100. The Morgan fingerprint density at radius 1 is 0.932 bits per heavy atom. The lowest BCUT2D eigenvalue weighted by Crippen LogP contribution is -2.55. The number of nitrogens with one attached hydrogen (secondary N) is 1. The zero-order valence-corrected chi connectivity index (χ0v) is 26.4. The van der Waals surface area contributed by atoms with Gasteiger partial charge in [0.25, 0.3) is 0 Å². The van der Waals surface area contributed by atoms with Gasteiger partial charge < -0.3 is 19.7 Å². The first kappa shape index (κ1) is 31.7. The zero-order chi connectivity index (χ0) is 31.1. The monoisotopic (exact) mass is 639 g/mol. The van der Waals surface area contributed by atoms with Crippen molar-refractivity contribution < 1.29 is 27.5 Å². The summed E-state index contributed by atoms with van der Waals surface area (Å²) in [7, 11) is -3.90. The van der Waals surface area contributed by atoms with E-state index in [2.05, 4.69) is 5.32 Å². The number of halogens is 1. The Bertz CT molecular complexity index is 1560. The molecule has 1 heterocycles. The molecule has 2 amide bonds. The molecule has 1 aliphatic heterocycles. The Hall–Kier alpha value is -3.76. The average Bonchev–Trinajstić information content (AvgIpc) is 3.50. The maximum atomic E-state index is 14.4. The molecule has 1 atom stereocenters. The summed E-state index contributed by atoms with van der Waals surface area (Å²) in [5.41, 5.74) is 1.88. The van der Waals surface area contributed by atoms with Gasteiger partial charge >= 0.3 is 0 Å². The number of benzene rings is 3. The van der Waals surface area contributed by atoms with Gasteiger partial charge in [0.2, 0.25) is 28.6 Å². The van der Waals surface area contributed by atoms with Crippen LogP contribution in [-0.2, 0) is 32.6 Å². The lowest BCUT2D eigenvalue weighted by Gasteiger charge is -2.35. The van der Waals surface area contributed by atoms with Crippen LogP contribution in [0.25, 0.3) is 0 Å². The molecule has 0 saturated heterocycles. The highest BCUT2D eigenvalue weighted by atomic mass is 35.5. The van der Waals surface area contributed by atoms with E-state index in [-0.39, 0.29) is 43.1 Å². The number of anilines is 1. The van der Waals surface area contributed by atoms with Crippen molar-refractivity contribution in [2.45, 2.75) is 64.1 Å². The Morgan fingerprint density at radius 2 is 1.66 bits per heavy atom. The van der Waals surface area contributed by atoms with Crippen LogP contribution in [0.5, 0.6) is 11.5 Å². The molecule has 1 N–H and O–H groups in total. The first-order valence-corrected chi connectivity index (χ1v) is 17.0. The molecule has 5 rings (SSSR count). The number of ether oxygens (including phenoxy) is 2. The maximum Gasteiger partial charge on any atom is 0.244 e. The molecule has 1 fully saturated rings. The second-order valence-corrected chi connectivity index (χ2v) is 13.8. The fourth-order valence-electron chi connectivity index (χ4n) is 5.69. The minimum Gasteiger partial charge on any atom is -0.454 e. The van der Waals surface area contributed by atoms with Crippen molar-refractivity contribution in [1.29, 1.82) is 0 Å². The number of fused-ring (bicyclic) bond motifs is 1. The fraction of sp³-hybridized carbons (Fsp3) is 0.394. The molecule has 0 radical (unpaired) electrons. The number of hydrogen-bond donors (Lipinski definition) is 1. The lowest BCUT2D eigenvalue weighted by atomic mass is 9.94. The maximum absolute atomic E-state index is 14.4. The van der Waals surface area contributed by atoms with Gasteiger partial charge in [0.15, 0.2) is 11.5 Å². The van der Waals surface area contributed by atoms with Gasteiger partial charge in [-0.3, -0.25) is 13.9 Å². The van der Waals surface area contributed by atoms with Gasteiger partial charge in [0.1, 0.15) is 12.6 Å². The van der Waals surface area contributed by atoms with Crippen LogP contribution in [0.15, 0.2) is 72.8 Å². The van der Waals surface area contributed by atoms with Gasteiger partial charge in [-0.25, -0.2) is 8.42 Å². The third-order valence-electron chi connectivity index (χ3n) is 8.09. The van der Waals surface area contributed by atoms with Gasteiger partial charge in [-0.2, -0.15) is 0 Å². The molecule has 234 valence electrons. The summed E-state index contributed by atoms with van der Waals surface area (Å²) in [5, 5.41) is 3.70. The molecule has 1 saturated carbocycles. The van der Waals surface area contributed by atoms with Gasteiger partial charge in [-0.05, 0) is 55.2 Å². The molecule has 3 aromatic carbocycles. The summed E-state index contributed by atoms with van der Waals surface area (Å²) in [6, 6.07) is 20.5. The standard InChI is InChI=1S/C33H38ClN3O6S/c1-2-44(40,41)37(28-16-17-30-31(20-28)43-23-42-30)22-32(38)36(21-25-12-9-13-26(34)18-25)29(19-24-10-5-3-6-11-24)33(39)35-27-14-7-4-8-15-27/h3,5-6,9-13,16-18,20,27,29H,2,4,7-8,14-15,19,21-23H2,1H3,(H,35,39). The van der Waals surface area contributed by atoms with Crippen molar-refractivity contribution in [3.63, 3.8) is 0 Å². The van der Waals surface area contributed by atoms with Crippen molar-refractivity contribution in [3.05, 3.63) is 88.9 Å². The molecule has 0 aromatic heterocycles. The van der Waals surface area contributed by atoms with E-state index < -0.39 is 28.5 Å². The predicted octanol–water partition coefficient (Wildman–Crippen LogP) is 5.31. The van der Waals surface area contributed by atoms with E-state index in [0.29, 0.717) is 16.5 Å². The molecule has 44 heavy (non-hydrogen) atoms. The van der Waals surface area contributed by atoms with E-state index in [0.717, 1.165) is 47.5 Å². The molecule has 11 heteroatoms. The highest BCUT2D eigenvalue weighted by molar-refractivity contribution is 7.92. The molecule has 3 aromatic rings. The third-order valence-corrected chi connectivity index (χ3v) is 10.1. The molecule has 1 unspecified atom stereocenters. The lowest BCUT2D eigenvalue weighted by molar-refractivity contribution is -0.140. The van der Waals surface area contributed by atoms with E-state index in [4.69, 9.17) is 21.1 Å². The second kappa shape index (κ2) is 14.3. The van der Waals surface area contributed by atoms with Gasteiger partial charge in [0, 0.05) is 30.1 Å². The highest BCUT2D eigenvalue weighted by Crippen LogP contribution is 2.36. The average molecular weight is 640 g/mol. The van der Waals surface area contributed by atoms with Crippen molar-refractivity contribution in [3.8, 4) is 11.5 Å². The van der Waals surface area contributed by atoms with Crippen molar-refractivity contribution in [1.82, 2.24) is 10.2 Å². The molecule has 0 spiro atoms. The summed E-state index contributed by atoms with van der Waals surface area (Å²) >= 11 is 6.31. The van der Waals surface area contributed by atoms with Crippen LogP contribution in [-0.4, -0.2) is 56.3 Å². The van der Waals surface area contributed by atoms with Crippen LogP contribution in [0.1, 0.15) is 50.2 Å². The molecule has 1 aliphatic carbocycles. The largest absolute Gasteiger partial charge is 0.454 e. The van der Waals surface area contributed by atoms with E-state index in [1.807, 2.05) is 36.4 Å². The molecule has 2 aliphatic rings. The van der Waals surface area contributed by atoms with E-state index in [9.17, 15) is 18.0 Å². The third kappa shape index (κ3) is 7.84. The van der Waals surface area contributed by atoms with E-state index in [1.54, 1.807) is 36.4 Å². The first-order valence-electron chi connectivity index (χ1n) is 15.0. The first-order chi connectivity index (χ1) is 21.2. The van der Waals surface area contributed by atoms with Crippen LogP contribution >= 0.6 is 11.6 Å². The number of sulfonamides is 1. The SMILES string of the molecule is CCS(=O)(=O)N(CC(=O)N(Cc1cccc(Cl)c1)C(Cc1ccccc1)C(=O)NC1CCCCC1)c1ccc2c(c1)OCO2.